The molecule has 0 radical (unpaired) electrons. The number of fused-ring (bicyclic) bond motifs is 1. The molecule has 10 heteroatoms. The Morgan fingerprint density at radius 3 is 2.91 bits per heavy atom. The highest BCUT2D eigenvalue weighted by atomic mass is 79.9. The number of halogens is 1. The van der Waals surface area contributed by atoms with Gasteiger partial charge < -0.3 is 15.2 Å². The van der Waals surface area contributed by atoms with Crippen LogP contribution in [0.5, 0.6) is 11.5 Å². The number of nitrogens with zero attached hydrogens (tertiary/aromatic N) is 3. The number of aromatic nitrogens is 2. The van der Waals surface area contributed by atoms with E-state index in [1.165, 1.54) is 6.21 Å². The number of nitrogens with two attached hydrogens (primary N) is 1. The summed E-state index contributed by atoms with van der Waals surface area (Å²) in [5.41, 5.74) is 8.82. The number of nitrogen functional groups attached to an aromatic ring is 1. The van der Waals surface area contributed by atoms with E-state index in [9.17, 15) is 4.79 Å². The summed E-state index contributed by atoms with van der Waals surface area (Å²) in [7, 11) is 0. The third-order valence-corrected chi connectivity index (χ3v) is 3.49. The Hall–Kier alpha value is -2.62. The third-order valence-electron chi connectivity index (χ3n) is 2.80. The van der Waals surface area contributed by atoms with E-state index in [-0.39, 0.29) is 24.7 Å². The van der Waals surface area contributed by atoms with Crippen molar-refractivity contribution in [2.75, 3.05) is 12.5 Å². The summed E-state index contributed by atoms with van der Waals surface area (Å²) >= 11 is 3.39. The summed E-state index contributed by atoms with van der Waals surface area (Å²) in [6.07, 6.45) is 1.41. The van der Waals surface area contributed by atoms with E-state index in [2.05, 4.69) is 41.4 Å². The lowest BCUT2D eigenvalue weighted by atomic mass is 10.2. The molecule has 1 aliphatic rings. The molecule has 3 N–H and O–H groups in total. The van der Waals surface area contributed by atoms with Crippen molar-refractivity contribution >= 4 is 33.9 Å². The molecule has 3 rings (SSSR count). The SMILES string of the molecule is Nc1nonc1CC(=O)N/N=C\c1cc2c(cc1Br)OCO2. The molecule has 0 fully saturated rings. The molecule has 0 saturated carbocycles. The van der Waals surface area contributed by atoms with Crippen molar-refractivity contribution in [3.63, 3.8) is 0 Å². The Balaban J connectivity index is 1.63. The maximum atomic E-state index is 11.7. The molecule has 0 unspecified atom stereocenters. The van der Waals surface area contributed by atoms with Crippen LogP contribution in [-0.4, -0.2) is 29.2 Å². The van der Waals surface area contributed by atoms with Gasteiger partial charge in [-0.1, -0.05) is 5.16 Å². The fraction of sp³-hybridized carbons (Fsp3) is 0.167. The number of rotatable bonds is 4. The lowest BCUT2D eigenvalue weighted by Crippen LogP contribution is -2.20. The minimum absolute atomic E-state index is 0.0744. The van der Waals surface area contributed by atoms with Crippen molar-refractivity contribution in [2.24, 2.45) is 5.10 Å². The molecule has 22 heavy (non-hydrogen) atoms. The van der Waals surface area contributed by atoms with Gasteiger partial charge in [0.1, 0.15) is 5.69 Å². The molecule has 9 nitrogen and oxygen atoms in total. The van der Waals surface area contributed by atoms with Crippen molar-refractivity contribution in [1.29, 1.82) is 0 Å². The van der Waals surface area contributed by atoms with Gasteiger partial charge in [0.25, 0.3) is 0 Å². The summed E-state index contributed by atoms with van der Waals surface area (Å²) in [4.78, 5) is 11.7. The summed E-state index contributed by atoms with van der Waals surface area (Å²) in [5.74, 6) is 0.965. The minimum atomic E-state index is -0.393. The highest BCUT2D eigenvalue weighted by molar-refractivity contribution is 9.10. The van der Waals surface area contributed by atoms with Crippen LogP contribution in [0.2, 0.25) is 0 Å². The largest absolute Gasteiger partial charge is 0.454 e. The molecule has 0 saturated heterocycles. The number of carbonyl (C=O) groups is 1. The van der Waals surface area contributed by atoms with Gasteiger partial charge in [-0.25, -0.2) is 10.1 Å². The monoisotopic (exact) mass is 367 g/mol. The summed E-state index contributed by atoms with van der Waals surface area (Å²) < 4.78 is 15.7. The molecular formula is C12H10BrN5O4. The molecule has 1 aliphatic heterocycles. The lowest BCUT2D eigenvalue weighted by Gasteiger charge is -2.01. The number of ether oxygens (including phenoxy) is 2. The van der Waals surface area contributed by atoms with Gasteiger partial charge in [-0.05, 0) is 33.2 Å². The highest BCUT2D eigenvalue weighted by Crippen LogP contribution is 2.36. The molecule has 1 amide bonds. The Bertz CT molecular complexity index is 745. The standard InChI is InChI=1S/C12H10BrN5O4/c13-7-2-10-9(20-5-21-10)1-6(7)4-15-16-11(19)3-8-12(14)18-22-17-8/h1-2,4H,3,5H2,(H2,14,18)(H,16,19)/b15-4-. The quantitative estimate of drug-likeness (QED) is 0.605. The Labute approximate surface area is 132 Å². The molecule has 2 aromatic rings. The van der Waals surface area contributed by atoms with Crippen LogP contribution < -0.4 is 20.6 Å². The number of anilines is 1. The van der Waals surface area contributed by atoms with E-state index in [0.717, 1.165) is 10.0 Å². The summed E-state index contributed by atoms with van der Waals surface area (Å²) in [6, 6.07) is 3.52. The molecule has 0 spiro atoms. The number of hydrazone groups is 1. The fourth-order valence-electron chi connectivity index (χ4n) is 1.73. The molecule has 1 aromatic heterocycles. The maximum Gasteiger partial charge on any atom is 0.246 e. The van der Waals surface area contributed by atoms with Gasteiger partial charge in [-0.15, -0.1) is 0 Å². The number of amides is 1. The van der Waals surface area contributed by atoms with Gasteiger partial charge in [0.2, 0.25) is 12.7 Å². The van der Waals surface area contributed by atoms with Crippen LogP contribution >= 0.6 is 15.9 Å². The summed E-state index contributed by atoms with van der Waals surface area (Å²) in [5, 5.41) is 10.8. The predicted octanol–water partition coefficient (Wildman–Crippen LogP) is 0.836. The zero-order valence-corrected chi connectivity index (χ0v) is 12.7. The zero-order chi connectivity index (χ0) is 15.5. The van der Waals surface area contributed by atoms with Crippen LogP contribution in [-0.2, 0) is 11.2 Å². The lowest BCUT2D eigenvalue weighted by molar-refractivity contribution is -0.120. The van der Waals surface area contributed by atoms with E-state index in [0.29, 0.717) is 11.5 Å². The van der Waals surface area contributed by atoms with Gasteiger partial charge in [0.05, 0.1) is 12.6 Å². The van der Waals surface area contributed by atoms with Crippen LogP contribution in [0.25, 0.3) is 0 Å². The predicted molar refractivity (Wildman–Crippen MR) is 78.4 cm³/mol. The number of nitrogens with one attached hydrogen (secondary N) is 1. The average molecular weight is 368 g/mol. The van der Waals surface area contributed by atoms with E-state index in [1.54, 1.807) is 12.1 Å². The second kappa shape index (κ2) is 6.02. The second-order valence-electron chi connectivity index (χ2n) is 4.29. The normalized spacial score (nSPS) is 12.8. The van der Waals surface area contributed by atoms with Gasteiger partial charge in [0, 0.05) is 10.0 Å². The molecule has 0 aliphatic carbocycles. The number of carbonyl (C=O) groups excluding carboxylic acids is 1. The first-order valence-corrected chi connectivity index (χ1v) is 6.91. The first-order chi connectivity index (χ1) is 10.6. The van der Waals surface area contributed by atoms with Crippen molar-refractivity contribution in [3.05, 3.63) is 27.9 Å². The Kier molecular flexibility index (Phi) is 3.92. The van der Waals surface area contributed by atoms with E-state index in [1.807, 2.05) is 0 Å². The van der Waals surface area contributed by atoms with Gasteiger partial charge in [0.15, 0.2) is 17.3 Å². The Morgan fingerprint density at radius 2 is 2.18 bits per heavy atom. The first-order valence-electron chi connectivity index (χ1n) is 6.11. The summed E-state index contributed by atoms with van der Waals surface area (Å²) in [6.45, 7) is 0.187. The highest BCUT2D eigenvalue weighted by Gasteiger charge is 2.15. The second-order valence-corrected chi connectivity index (χ2v) is 5.15. The van der Waals surface area contributed by atoms with Crippen LogP contribution in [0.3, 0.4) is 0 Å². The van der Waals surface area contributed by atoms with E-state index >= 15 is 0 Å². The Morgan fingerprint density at radius 1 is 1.41 bits per heavy atom. The van der Waals surface area contributed by atoms with Crippen LogP contribution in [0.1, 0.15) is 11.3 Å². The maximum absolute atomic E-state index is 11.7. The molecule has 0 bridgehead atoms. The molecule has 1 aromatic carbocycles. The topological polar surface area (TPSA) is 125 Å². The van der Waals surface area contributed by atoms with Crippen molar-refractivity contribution in [3.8, 4) is 11.5 Å². The average Bonchev–Trinajstić information content (AvgIpc) is 3.08. The number of hydrogen-bond acceptors (Lipinski definition) is 8. The molecule has 0 atom stereocenters. The smallest absolute Gasteiger partial charge is 0.246 e. The molecule has 114 valence electrons. The number of benzene rings is 1. The fourth-order valence-corrected chi connectivity index (χ4v) is 2.16. The zero-order valence-electron chi connectivity index (χ0n) is 11.1. The number of hydrogen-bond donors (Lipinski definition) is 2. The van der Waals surface area contributed by atoms with E-state index < -0.39 is 5.91 Å². The van der Waals surface area contributed by atoms with Crippen LogP contribution in [0, 0.1) is 0 Å². The molecule has 2 heterocycles. The van der Waals surface area contributed by atoms with Gasteiger partial charge in [-0.2, -0.15) is 5.10 Å². The minimum Gasteiger partial charge on any atom is -0.454 e. The van der Waals surface area contributed by atoms with Crippen molar-refractivity contribution < 1.29 is 18.9 Å². The van der Waals surface area contributed by atoms with Gasteiger partial charge >= 0.3 is 0 Å². The van der Waals surface area contributed by atoms with Crippen molar-refractivity contribution in [2.45, 2.75) is 6.42 Å². The van der Waals surface area contributed by atoms with Crippen molar-refractivity contribution in [1.82, 2.24) is 15.7 Å². The molecular weight excluding hydrogens is 358 g/mol. The van der Waals surface area contributed by atoms with Gasteiger partial charge in [-0.3, -0.25) is 4.79 Å². The first kappa shape index (κ1) is 14.3. The third kappa shape index (κ3) is 3.01. The van der Waals surface area contributed by atoms with E-state index in [4.69, 9.17) is 15.2 Å². The van der Waals surface area contributed by atoms with Crippen LogP contribution in [0.4, 0.5) is 5.82 Å². The van der Waals surface area contributed by atoms with Crippen LogP contribution in [0.15, 0.2) is 26.3 Å².